The van der Waals surface area contributed by atoms with E-state index in [1.54, 1.807) is 36.3 Å². The Hall–Kier alpha value is -2.57. The third-order valence-electron chi connectivity index (χ3n) is 4.58. The standard InChI is InChI=1S/C20H22ClN3O3/c1-27-15-8-6-14(7-9-15)20(26)23-13-19(25)24-11-10-22-12-18(24)16-4-2-3-5-17(16)21/h2-9,18,22H,10-13H2,1H3,(H,23,26). The number of carbonyl (C=O) groups excluding carboxylic acids is 2. The normalized spacial score (nSPS) is 16.7. The van der Waals surface area contributed by atoms with E-state index in [1.165, 1.54) is 0 Å². The molecule has 0 radical (unpaired) electrons. The van der Waals surface area contributed by atoms with Crippen molar-refractivity contribution in [2.75, 3.05) is 33.3 Å². The fourth-order valence-corrected chi connectivity index (χ4v) is 3.39. The van der Waals surface area contributed by atoms with Crippen LogP contribution >= 0.6 is 11.6 Å². The van der Waals surface area contributed by atoms with E-state index in [0.29, 0.717) is 36.0 Å². The summed E-state index contributed by atoms with van der Waals surface area (Å²) in [5, 5.41) is 6.62. The summed E-state index contributed by atoms with van der Waals surface area (Å²) >= 11 is 6.31. The van der Waals surface area contributed by atoms with Gasteiger partial charge in [0.1, 0.15) is 5.75 Å². The highest BCUT2D eigenvalue weighted by Crippen LogP contribution is 2.28. The lowest BCUT2D eigenvalue weighted by Crippen LogP contribution is -2.51. The first-order chi connectivity index (χ1) is 13.1. The Morgan fingerprint density at radius 2 is 1.96 bits per heavy atom. The van der Waals surface area contributed by atoms with E-state index in [4.69, 9.17) is 16.3 Å². The number of hydrogen-bond donors (Lipinski definition) is 2. The lowest BCUT2D eigenvalue weighted by molar-refractivity contribution is -0.133. The van der Waals surface area contributed by atoms with Crippen LogP contribution in [0.3, 0.4) is 0 Å². The summed E-state index contributed by atoms with van der Waals surface area (Å²) in [6, 6.07) is 14.1. The zero-order valence-electron chi connectivity index (χ0n) is 15.1. The van der Waals surface area contributed by atoms with Gasteiger partial charge in [0, 0.05) is 30.2 Å². The van der Waals surface area contributed by atoms with Gasteiger partial charge >= 0.3 is 0 Å². The van der Waals surface area contributed by atoms with Crippen LogP contribution in [0.2, 0.25) is 5.02 Å². The van der Waals surface area contributed by atoms with E-state index in [2.05, 4.69) is 10.6 Å². The van der Waals surface area contributed by atoms with Crippen LogP contribution in [0.5, 0.6) is 5.75 Å². The van der Waals surface area contributed by atoms with Crippen LogP contribution in [-0.2, 0) is 4.79 Å². The highest BCUT2D eigenvalue weighted by atomic mass is 35.5. The second-order valence-corrected chi connectivity index (χ2v) is 6.65. The van der Waals surface area contributed by atoms with Crippen LogP contribution in [-0.4, -0.2) is 50.0 Å². The molecule has 1 fully saturated rings. The van der Waals surface area contributed by atoms with Gasteiger partial charge in [0.2, 0.25) is 5.91 Å². The zero-order chi connectivity index (χ0) is 19.2. The molecule has 3 rings (SSSR count). The monoisotopic (exact) mass is 387 g/mol. The van der Waals surface area contributed by atoms with Gasteiger partial charge in [-0.2, -0.15) is 0 Å². The van der Waals surface area contributed by atoms with Gasteiger partial charge in [-0.1, -0.05) is 29.8 Å². The van der Waals surface area contributed by atoms with E-state index < -0.39 is 0 Å². The van der Waals surface area contributed by atoms with E-state index in [1.807, 2.05) is 24.3 Å². The van der Waals surface area contributed by atoms with Crippen LogP contribution in [0.15, 0.2) is 48.5 Å². The smallest absolute Gasteiger partial charge is 0.251 e. The highest BCUT2D eigenvalue weighted by molar-refractivity contribution is 6.31. The predicted octanol–water partition coefficient (Wildman–Crippen LogP) is 2.25. The summed E-state index contributed by atoms with van der Waals surface area (Å²) in [4.78, 5) is 26.8. The summed E-state index contributed by atoms with van der Waals surface area (Å²) in [5.74, 6) is 0.240. The molecule has 142 valence electrons. The number of benzene rings is 2. The summed E-state index contributed by atoms with van der Waals surface area (Å²) in [5.41, 5.74) is 1.38. The van der Waals surface area contributed by atoms with Gasteiger partial charge < -0.3 is 20.3 Å². The Morgan fingerprint density at radius 3 is 2.67 bits per heavy atom. The van der Waals surface area contributed by atoms with E-state index in [9.17, 15) is 9.59 Å². The second kappa shape index (κ2) is 8.88. The molecule has 0 aliphatic carbocycles. The molecule has 1 unspecified atom stereocenters. The van der Waals surface area contributed by atoms with Crippen LogP contribution in [0.4, 0.5) is 0 Å². The van der Waals surface area contributed by atoms with E-state index >= 15 is 0 Å². The molecule has 6 nitrogen and oxygen atoms in total. The molecule has 0 aromatic heterocycles. The first kappa shape index (κ1) is 19.2. The number of amides is 2. The van der Waals surface area contributed by atoms with Gasteiger partial charge in [0.25, 0.3) is 5.91 Å². The number of piperazine rings is 1. The maximum Gasteiger partial charge on any atom is 0.251 e. The fourth-order valence-electron chi connectivity index (χ4n) is 3.13. The van der Waals surface area contributed by atoms with Gasteiger partial charge in [0.15, 0.2) is 0 Å². The summed E-state index contributed by atoms with van der Waals surface area (Å²) in [6.07, 6.45) is 0. The lowest BCUT2D eigenvalue weighted by atomic mass is 10.0. The Balaban J connectivity index is 1.64. The van der Waals surface area contributed by atoms with Crippen molar-refractivity contribution in [3.05, 3.63) is 64.7 Å². The third kappa shape index (κ3) is 4.59. The SMILES string of the molecule is COc1ccc(C(=O)NCC(=O)N2CCNCC2c2ccccc2Cl)cc1. The maximum absolute atomic E-state index is 12.7. The quantitative estimate of drug-likeness (QED) is 0.825. The number of nitrogens with zero attached hydrogens (tertiary/aromatic N) is 1. The van der Waals surface area contributed by atoms with E-state index in [-0.39, 0.29) is 24.4 Å². The van der Waals surface area contributed by atoms with Crippen molar-refractivity contribution in [3.8, 4) is 5.75 Å². The number of rotatable bonds is 5. The average molecular weight is 388 g/mol. The summed E-state index contributed by atoms with van der Waals surface area (Å²) < 4.78 is 5.08. The molecule has 7 heteroatoms. The molecule has 2 amide bonds. The molecule has 2 aromatic carbocycles. The van der Waals surface area contributed by atoms with Crippen LogP contribution in [0.1, 0.15) is 22.0 Å². The number of nitrogens with one attached hydrogen (secondary N) is 2. The van der Waals surface area contributed by atoms with Crippen LogP contribution < -0.4 is 15.4 Å². The minimum atomic E-state index is -0.296. The second-order valence-electron chi connectivity index (χ2n) is 6.24. The molecule has 1 saturated heterocycles. The summed E-state index contributed by atoms with van der Waals surface area (Å²) in [7, 11) is 1.57. The molecule has 1 aliphatic rings. The number of ether oxygens (including phenoxy) is 1. The Bertz CT molecular complexity index is 810. The molecule has 2 N–H and O–H groups in total. The van der Waals surface area contributed by atoms with Crippen molar-refractivity contribution in [1.29, 1.82) is 0 Å². The largest absolute Gasteiger partial charge is 0.497 e. The third-order valence-corrected chi connectivity index (χ3v) is 4.92. The minimum Gasteiger partial charge on any atom is -0.497 e. The Kier molecular flexibility index (Phi) is 6.32. The van der Waals surface area contributed by atoms with Crippen molar-refractivity contribution in [3.63, 3.8) is 0 Å². The van der Waals surface area contributed by atoms with Gasteiger partial charge in [-0.05, 0) is 35.9 Å². The molecule has 1 atom stereocenters. The van der Waals surface area contributed by atoms with E-state index in [0.717, 1.165) is 5.56 Å². The van der Waals surface area contributed by atoms with Gasteiger partial charge in [-0.15, -0.1) is 0 Å². The molecule has 1 aliphatic heterocycles. The summed E-state index contributed by atoms with van der Waals surface area (Å²) in [6.45, 7) is 1.83. The molecule has 1 heterocycles. The first-order valence-corrected chi connectivity index (χ1v) is 9.15. The number of methoxy groups -OCH3 is 1. The molecular weight excluding hydrogens is 366 g/mol. The molecule has 0 spiro atoms. The lowest BCUT2D eigenvalue weighted by Gasteiger charge is -2.37. The predicted molar refractivity (Wildman–Crippen MR) is 104 cm³/mol. The zero-order valence-corrected chi connectivity index (χ0v) is 15.8. The Morgan fingerprint density at radius 1 is 1.22 bits per heavy atom. The molecule has 0 bridgehead atoms. The molecule has 27 heavy (non-hydrogen) atoms. The highest BCUT2D eigenvalue weighted by Gasteiger charge is 2.29. The average Bonchev–Trinajstić information content (AvgIpc) is 2.72. The van der Waals surface area contributed by atoms with Gasteiger partial charge in [-0.3, -0.25) is 9.59 Å². The topological polar surface area (TPSA) is 70.7 Å². The van der Waals surface area contributed by atoms with Crippen molar-refractivity contribution >= 4 is 23.4 Å². The number of halogens is 1. The van der Waals surface area contributed by atoms with Crippen molar-refractivity contribution in [2.45, 2.75) is 6.04 Å². The van der Waals surface area contributed by atoms with Gasteiger partial charge in [0.05, 0.1) is 19.7 Å². The van der Waals surface area contributed by atoms with Gasteiger partial charge in [-0.25, -0.2) is 0 Å². The van der Waals surface area contributed by atoms with Crippen molar-refractivity contribution < 1.29 is 14.3 Å². The van der Waals surface area contributed by atoms with Crippen molar-refractivity contribution in [1.82, 2.24) is 15.5 Å². The van der Waals surface area contributed by atoms with Crippen LogP contribution in [0, 0.1) is 0 Å². The Labute approximate surface area is 163 Å². The number of hydrogen-bond acceptors (Lipinski definition) is 4. The first-order valence-electron chi connectivity index (χ1n) is 8.77. The molecular formula is C20H22ClN3O3. The van der Waals surface area contributed by atoms with Crippen molar-refractivity contribution in [2.24, 2.45) is 0 Å². The fraction of sp³-hybridized carbons (Fsp3) is 0.300. The number of carbonyl (C=O) groups is 2. The maximum atomic E-state index is 12.7. The van der Waals surface area contributed by atoms with Crippen LogP contribution in [0.25, 0.3) is 0 Å². The molecule has 0 saturated carbocycles. The minimum absolute atomic E-state index is 0.0637. The molecule has 2 aromatic rings.